The molecule has 0 unspecified atom stereocenters. The van der Waals surface area contributed by atoms with E-state index in [4.69, 9.17) is 15.6 Å². The fourth-order valence-electron chi connectivity index (χ4n) is 2.02. The first-order valence-corrected chi connectivity index (χ1v) is 6.73. The van der Waals surface area contributed by atoms with Gasteiger partial charge < -0.3 is 4.74 Å². The molecule has 0 atom stereocenters. The Morgan fingerprint density at radius 2 is 1.68 bits per heavy atom. The zero-order valence-electron chi connectivity index (χ0n) is 12.2. The van der Waals surface area contributed by atoms with Crippen LogP contribution in [0.4, 0.5) is 0 Å². The van der Waals surface area contributed by atoms with Crippen molar-refractivity contribution in [2.24, 2.45) is 0 Å². The number of carbonyl (C=O) groups is 1. The third-order valence-electron chi connectivity index (χ3n) is 3.23. The first-order chi connectivity index (χ1) is 10.7. The summed E-state index contributed by atoms with van der Waals surface area (Å²) in [5.74, 6) is 0.0197. The van der Waals surface area contributed by atoms with Crippen LogP contribution >= 0.6 is 0 Å². The Labute approximate surface area is 129 Å². The molecule has 0 spiro atoms. The van der Waals surface area contributed by atoms with Crippen LogP contribution in [-0.4, -0.2) is 25.0 Å². The zero-order valence-corrected chi connectivity index (χ0v) is 12.2. The van der Waals surface area contributed by atoms with E-state index in [1.54, 1.807) is 30.3 Å². The lowest BCUT2D eigenvalue weighted by Crippen LogP contribution is -2.41. The molecule has 4 nitrogen and oxygen atoms in total. The number of hydrogen-bond acceptors (Lipinski definition) is 3. The van der Waals surface area contributed by atoms with E-state index < -0.39 is 0 Å². The molecule has 22 heavy (non-hydrogen) atoms. The Kier molecular flexibility index (Phi) is 4.98. The van der Waals surface area contributed by atoms with Gasteiger partial charge in [-0.2, -0.15) is 0 Å². The molecule has 0 bridgehead atoms. The molecule has 3 N–H and O–H groups in total. The molecule has 0 radical (unpaired) electrons. The lowest BCUT2D eigenvalue weighted by Gasteiger charge is -2.07. The van der Waals surface area contributed by atoms with Crippen molar-refractivity contribution in [3.8, 4) is 0 Å². The maximum Gasteiger partial charge on any atom is 0.212 e. The third kappa shape index (κ3) is 3.55. The van der Waals surface area contributed by atoms with Gasteiger partial charge >= 0.3 is 0 Å². The molecule has 110 valence electrons. The second-order valence-electron chi connectivity index (χ2n) is 4.65. The van der Waals surface area contributed by atoms with Gasteiger partial charge in [-0.25, -0.2) is 0 Å². The number of rotatable bonds is 5. The smallest absolute Gasteiger partial charge is 0.212 e. The van der Waals surface area contributed by atoms with E-state index in [0.717, 1.165) is 17.4 Å². The van der Waals surface area contributed by atoms with Crippen LogP contribution < -0.4 is 5.41 Å². The predicted molar refractivity (Wildman–Crippen MR) is 87.0 cm³/mol. The van der Waals surface area contributed by atoms with Crippen LogP contribution in [0.15, 0.2) is 60.7 Å². The van der Waals surface area contributed by atoms with Gasteiger partial charge in [-0.15, -0.1) is 0 Å². The lowest BCUT2D eigenvalue weighted by atomic mass is 9.95. The van der Waals surface area contributed by atoms with Gasteiger partial charge in [-0.1, -0.05) is 42.5 Å². The van der Waals surface area contributed by atoms with Crippen molar-refractivity contribution in [1.82, 2.24) is 0 Å². The molecule has 0 aliphatic heterocycles. The minimum atomic E-state index is 0.0197. The monoisotopic (exact) mass is 293 g/mol. The number of aldehydes is 1. The number of nitrogens with two attached hydrogens (primary N) is 1. The van der Waals surface area contributed by atoms with Gasteiger partial charge in [0, 0.05) is 17.2 Å². The lowest BCUT2D eigenvalue weighted by molar-refractivity contribution is -0.110. The maximum atomic E-state index is 10.7. The van der Waals surface area contributed by atoms with Gasteiger partial charge in [-0.05, 0) is 17.7 Å². The fraction of sp³-hybridized carbons (Fsp3) is 0.0556. The second kappa shape index (κ2) is 7.13. The van der Waals surface area contributed by atoms with Crippen molar-refractivity contribution >= 4 is 23.5 Å². The maximum absolute atomic E-state index is 10.7. The molecular weight excluding hydrogens is 276 g/mol. The van der Waals surface area contributed by atoms with Crippen LogP contribution in [-0.2, 0) is 4.74 Å². The highest BCUT2D eigenvalue weighted by molar-refractivity contribution is 6.31. The number of nitrogens with one attached hydrogen (secondary N) is 1. The van der Waals surface area contributed by atoms with Crippen molar-refractivity contribution < 1.29 is 14.9 Å². The molecule has 2 aromatic carbocycles. The van der Waals surface area contributed by atoms with E-state index >= 15 is 0 Å². The first kappa shape index (κ1) is 15.4. The first-order valence-electron chi connectivity index (χ1n) is 6.73. The van der Waals surface area contributed by atoms with Gasteiger partial charge in [-0.3, -0.25) is 15.6 Å². The van der Waals surface area contributed by atoms with E-state index in [0.29, 0.717) is 16.8 Å². The Bertz CT molecular complexity index is 717. The number of carbonyl (C=O) groups excluding carboxylic acids is 1. The normalized spacial score (nSPS) is 10.9. The fourth-order valence-corrected chi connectivity index (χ4v) is 2.02. The summed E-state index contributed by atoms with van der Waals surface area (Å²) in [6.07, 6.45) is 2.37. The summed E-state index contributed by atoms with van der Waals surface area (Å²) >= 11 is 0. The average molecular weight is 293 g/mol. The molecule has 0 saturated carbocycles. The molecular formula is C18H17N2O2+. The molecule has 0 aliphatic carbocycles. The second-order valence-corrected chi connectivity index (χ2v) is 4.65. The van der Waals surface area contributed by atoms with Gasteiger partial charge in [0.1, 0.15) is 6.29 Å². The van der Waals surface area contributed by atoms with E-state index in [9.17, 15) is 4.79 Å². The largest absolute Gasteiger partial charge is 0.481 e. The van der Waals surface area contributed by atoms with Gasteiger partial charge in [0.05, 0.1) is 12.7 Å². The van der Waals surface area contributed by atoms with Crippen LogP contribution in [0.3, 0.4) is 0 Å². The number of methoxy groups -OCH3 is 1. The quantitative estimate of drug-likeness (QED) is 0.500. The van der Waals surface area contributed by atoms with Crippen LogP contribution in [0, 0.1) is 5.41 Å². The minimum Gasteiger partial charge on any atom is -0.481 e. The molecule has 0 aromatic heterocycles. The number of benzene rings is 2. The summed E-state index contributed by atoms with van der Waals surface area (Å²) < 4.78 is 4.92. The highest BCUT2D eigenvalue weighted by Gasteiger charge is 2.16. The Hall–Kier alpha value is -3.01. The average Bonchev–Trinajstić information content (AvgIpc) is 2.59. The molecule has 4 heteroatoms. The predicted octanol–water partition coefficient (Wildman–Crippen LogP) is 1.75. The minimum absolute atomic E-state index is 0.0197. The standard InChI is InChI=1S/C18H16N2O2/c1-22-17(19)11-16(14-5-3-2-4-6-14)18(20)15-9-7-13(12-21)8-10-15/h2-12,19-20H,1H3/p+1/b16-11-,19-17?,20-18?. The van der Waals surface area contributed by atoms with Gasteiger partial charge in [0.25, 0.3) is 0 Å². The van der Waals surface area contributed by atoms with E-state index in [1.807, 2.05) is 30.3 Å². The molecule has 0 heterocycles. The molecule has 2 rings (SSSR count). The van der Waals surface area contributed by atoms with E-state index in [1.165, 1.54) is 7.11 Å². The number of ether oxygens (including phenoxy) is 1. The van der Waals surface area contributed by atoms with E-state index in [2.05, 4.69) is 0 Å². The highest BCUT2D eigenvalue weighted by Crippen LogP contribution is 2.19. The summed E-state index contributed by atoms with van der Waals surface area (Å²) in [6, 6.07) is 16.5. The van der Waals surface area contributed by atoms with Crippen molar-refractivity contribution in [2.45, 2.75) is 0 Å². The van der Waals surface area contributed by atoms with Crippen LogP contribution in [0.5, 0.6) is 0 Å². The van der Waals surface area contributed by atoms with E-state index in [-0.39, 0.29) is 5.90 Å². The van der Waals surface area contributed by atoms with Gasteiger partial charge in [0.15, 0.2) is 0 Å². The molecule has 2 aromatic rings. The van der Waals surface area contributed by atoms with Crippen molar-refractivity contribution in [1.29, 1.82) is 5.41 Å². The van der Waals surface area contributed by atoms with Crippen LogP contribution in [0.2, 0.25) is 0 Å². The summed E-state index contributed by atoms with van der Waals surface area (Å²) in [5.41, 5.74) is 3.48. The van der Waals surface area contributed by atoms with Crippen molar-refractivity contribution in [2.75, 3.05) is 7.11 Å². The van der Waals surface area contributed by atoms with Crippen molar-refractivity contribution in [3.63, 3.8) is 0 Å². The molecule has 0 saturated heterocycles. The number of hydrogen-bond donors (Lipinski definition) is 2. The van der Waals surface area contributed by atoms with Crippen LogP contribution in [0.25, 0.3) is 5.57 Å². The SMILES string of the molecule is COC(=N)/C=C(\C(=[NH2+])c1ccc(C=O)cc1)c1ccccc1. The van der Waals surface area contributed by atoms with Crippen molar-refractivity contribution in [3.05, 3.63) is 77.4 Å². The number of allylic oxidation sites excluding steroid dienone is 1. The third-order valence-corrected chi connectivity index (χ3v) is 3.23. The topological polar surface area (TPSA) is 75.7 Å². The zero-order chi connectivity index (χ0) is 15.9. The highest BCUT2D eigenvalue weighted by atomic mass is 16.5. The summed E-state index contributed by atoms with van der Waals surface area (Å²) in [4.78, 5) is 10.7. The molecule has 0 aliphatic rings. The van der Waals surface area contributed by atoms with Gasteiger partial charge in [0.2, 0.25) is 11.6 Å². The Morgan fingerprint density at radius 1 is 1.05 bits per heavy atom. The molecule has 0 fully saturated rings. The molecule has 0 amide bonds. The summed E-state index contributed by atoms with van der Waals surface area (Å²) in [6.45, 7) is 0. The Morgan fingerprint density at radius 3 is 2.23 bits per heavy atom. The Balaban J connectivity index is 2.44. The van der Waals surface area contributed by atoms with Crippen LogP contribution in [0.1, 0.15) is 21.5 Å². The summed E-state index contributed by atoms with van der Waals surface area (Å²) in [5, 5.41) is 14.0. The summed E-state index contributed by atoms with van der Waals surface area (Å²) in [7, 11) is 1.44.